The van der Waals surface area contributed by atoms with E-state index in [9.17, 15) is 12.8 Å². The lowest BCUT2D eigenvalue weighted by molar-refractivity contribution is 0.573. The van der Waals surface area contributed by atoms with Crippen molar-refractivity contribution in [3.05, 3.63) is 40.6 Å². The molecule has 0 radical (unpaired) electrons. The third kappa shape index (κ3) is 3.17. The van der Waals surface area contributed by atoms with Crippen molar-refractivity contribution >= 4 is 26.0 Å². The molecule has 19 heavy (non-hydrogen) atoms. The van der Waals surface area contributed by atoms with Crippen LogP contribution >= 0.6 is 15.9 Å². The second-order valence-corrected chi connectivity index (χ2v) is 6.38. The Bertz CT molecular complexity index is 701. The number of sulfonamides is 1. The molecule has 0 aliphatic heterocycles. The predicted molar refractivity (Wildman–Crippen MR) is 69.1 cm³/mol. The first-order valence-corrected chi connectivity index (χ1v) is 7.45. The first-order valence-electron chi connectivity index (χ1n) is 5.18. The van der Waals surface area contributed by atoms with Gasteiger partial charge in [-0.1, -0.05) is 0 Å². The summed E-state index contributed by atoms with van der Waals surface area (Å²) in [5.41, 5.74) is 0. The third-order valence-electron chi connectivity index (χ3n) is 2.43. The Morgan fingerprint density at radius 3 is 2.79 bits per heavy atom. The minimum Gasteiger partial charge on any atom is -0.320 e. The lowest BCUT2D eigenvalue weighted by Crippen LogP contribution is -2.24. The van der Waals surface area contributed by atoms with Gasteiger partial charge in [0.2, 0.25) is 10.0 Å². The molecule has 102 valence electrons. The van der Waals surface area contributed by atoms with Gasteiger partial charge in [0.05, 0.1) is 15.9 Å². The Kier molecular flexibility index (Phi) is 3.97. The Balaban J connectivity index is 2.18. The van der Waals surface area contributed by atoms with Crippen molar-refractivity contribution in [2.45, 2.75) is 11.4 Å². The first kappa shape index (κ1) is 14.1. The van der Waals surface area contributed by atoms with E-state index in [0.29, 0.717) is 5.82 Å². The van der Waals surface area contributed by atoms with Crippen molar-refractivity contribution in [2.75, 3.05) is 0 Å². The second-order valence-electron chi connectivity index (χ2n) is 3.76. The van der Waals surface area contributed by atoms with Crippen LogP contribution in [0.5, 0.6) is 0 Å². The van der Waals surface area contributed by atoms with Gasteiger partial charge < -0.3 is 4.57 Å². The largest absolute Gasteiger partial charge is 0.320 e. The quantitative estimate of drug-likeness (QED) is 0.900. The maximum atomic E-state index is 13.3. The lowest BCUT2D eigenvalue weighted by Gasteiger charge is -2.06. The highest BCUT2D eigenvalue weighted by molar-refractivity contribution is 9.10. The van der Waals surface area contributed by atoms with Gasteiger partial charge in [0.25, 0.3) is 0 Å². The van der Waals surface area contributed by atoms with Crippen LogP contribution in [0.2, 0.25) is 0 Å². The number of hydrogen-bond donors (Lipinski definition) is 1. The van der Waals surface area contributed by atoms with Crippen LogP contribution in [0, 0.1) is 5.82 Å². The molecule has 0 aliphatic carbocycles. The van der Waals surface area contributed by atoms with Crippen LogP contribution in [0.1, 0.15) is 5.82 Å². The van der Waals surface area contributed by atoms with Crippen LogP contribution in [0.15, 0.2) is 33.9 Å². The molecule has 2 aromatic rings. The van der Waals surface area contributed by atoms with Gasteiger partial charge in [0.1, 0.15) is 18.0 Å². The molecule has 0 amide bonds. The van der Waals surface area contributed by atoms with Crippen LogP contribution in [0.25, 0.3) is 0 Å². The van der Waals surface area contributed by atoms with Gasteiger partial charge in [-0.05, 0) is 34.1 Å². The molecule has 1 N–H and O–H groups in total. The van der Waals surface area contributed by atoms with Gasteiger partial charge in [0, 0.05) is 7.05 Å². The van der Waals surface area contributed by atoms with Gasteiger partial charge in [-0.25, -0.2) is 17.5 Å². The lowest BCUT2D eigenvalue weighted by atomic mass is 10.3. The van der Waals surface area contributed by atoms with Crippen LogP contribution < -0.4 is 4.72 Å². The molecule has 1 aromatic carbocycles. The fourth-order valence-electron chi connectivity index (χ4n) is 1.35. The molecule has 1 heterocycles. The molecule has 0 saturated carbocycles. The molecule has 0 spiro atoms. The fourth-order valence-corrected chi connectivity index (χ4v) is 2.59. The Morgan fingerprint density at radius 2 is 2.21 bits per heavy atom. The topological polar surface area (TPSA) is 76.9 Å². The number of nitrogens with zero attached hydrogens (tertiary/aromatic N) is 3. The van der Waals surface area contributed by atoms with Crippen molar-refractivity contribution in [1.29, 1.82) is 0 Å². The number of aromatic nitrogens is 3. The molecule has 0 saturated heterocycles. The molecule has 0 bridgehead atoms. The highest BCUT2D eigenvalue weighted by Gasteiger charge is 2.16. The Hall–Kier alpha value is -1.32. The molecule has 0 atom stereocenters. The molecule has 6 nitrogen and oxygen atoms in total. The number of nitrogens with one attached hydrogen (secondary N) is 1. The average molecular weight is 349 g/mol. The van der Waals surface area contributed by atoms with Gasteiger partial charge in [-0.2, -0.15) is 0 Å². The zero-order valence-electron chi connectivity index (χ0n) is 9.84. The molecule has 0 fully saturated rings. The summed E-state index contributed by atoms with van der Waals surface area (Å²) in [7, 11) is -2.09. The number of benzene rings is 1. The number of hydrogen-bond acceptors (Lipinski definition) is 4. The number of rotatable bonds is 4. The third-order valence-corrected chi connectivity index (χ3v) is 4.47. The van der Waals surface area contributed by atoms with E-state index >= 15 is 0 Å². The van der Waals surface area contributed by atoms with E-state index in [1.54, 1.807) is 11.6 Å². The summed E-state index contributed by atoms with van der Waals surface area (Å²) in [5, 5.41) is 7.38. The minimum atomic E-state index is -3.78. The van der Waals surface area contributed by atoms with Gasteiger partial charge >= 0.3 is 0 Å². The summed E-state index contributed by atoms with van der Waals surface area (Å²) >= 11 is 2.96. The van der Waals surface area contributed by atoms with Crippen LogP contribution in [0.3, 0.4) is 0 Å². The maximum Gasteiger partial charge on any atom is 0.241 e. The normalized spacial score (nSPS) is 11.7. The van der Waals surface area contributed by atoms with Crippen molar-refractivity contribution in [2.24, 2.45) is 7.05 Å². The highest BCUT2D eigenvalue weighted by atomic mass is 79.9. The molecule has 2 rings (SSSR count). The van der Waals surface area contributed by atoms with E-state index in [-0.39, 0.29) is 15.9 Å². The molecule has 0 unspecified atom stereocenters. The summed E-state index contributed by atoms with van der Waals surface area (Å²) in [6.45, 7) is -0.0173. The summed E-state index contributed by atoms with van der Waals surface area (Å²) in [5.74, 6) is -0.178. The standard InChI is InChI=1S/C10H10BrFN4O2S/c1-16-6-13-15-10(16)5-14-19(17,18)7-2-3-8(11)9(12)4-7/h2-4,6,14H,5H2,1H3. The minimum absolute atomic E-state index is 0.0173. The van der Waals surface area contributed by atoms with Crippen molar-refractivity contribution in [3.8, 4) is 0 Å². The maximum absolute atomic E-state index is 13.3. The van der Waals surface area contributed by atoms with Gasteiger partial charge in [-0.3, -0.25) is 0 Å². The zero-order chi connectivity index (χ0) is 14.0. The average Bonchev–Trinajstić information content (AvgIpc) is 2.76. The molecule has 0 aliphatic rings. The molecule has 9 heteroatoms. The van der Waals surface area contributed by atoms with Crippen molar-refractivity contribution in [1.82, 2.24) is 19.5 Å². The summed E-state index contributed by atoms with van der Waals surface area (Å²) in [6, 6.07) is 3.60. The Labute approximate surface area is 117 Å². The highest BCUT2D eigenvalue weighted by Crippen LogP contribution is 2.19. The summed E-state index contributed by atoms with van der Waals surface area (Å²) in [6.07, 6.45) is 1.46. The van der Waals surface area contributed by atoms with Crippen molar-refractivity contribution < 1.29 is 12.8 Å². The van der Waals surface area contributed by atoms with Crippen LogP contribution in [-0.4, -0.2) is 23.2 Å². The monoisotopic (exact) mass is 348 g/mol. The summed E-state index contributed by atoms with van der Waals surface area (Å²) < 4.78 is 41.4. The fraction of sp³-hybridized carbons (Fsp3) is 0.200. The zero-order valence-corrected chi connectivity index (χ0v) is 12.2. The predicted octanol–water partition coefficient (Wildman–Crippen LogP) is 1.20. The van der Waals surface area contributed by atoms with Crippen molar-refractivity contribution in [3.63, 3.8) is 0 Å². The van der Waals surface area contributed by atoms with Gasteiger partial charge in [0.15, 0.2) is 0 Å². The molecule has 1 aromatic heterocycles. The van der Waals surface area contributed by atoms with E-state index in [2.05, 4.69) is 30.8 Å². The molecular weight excluding hydrogens is 339 g/mol. The van der Waals surface area contributed by atoms with E-state index < -0.39 is 15.8 Å². The second kappa shape index (κ2) is 5.35. The van der Waals surface area contributed by atoms with E-state index in [1.165, 1.54) is 18.5 Å². The molecular formula is C10H10BrFN4O2S. The van der Waals surface area contributed by atoms with E-state index in [1.807, 2.05) is 0 Å². The van der Waals surface area contributed by atoms with Gasteiger partial charge in [-0.15, -0.1) is 10.2 Å². The van der Waals surface area contributed by atoms with Crippen LogP contribution in [-0.2, 0) is 23.6 Å². The number of halogens is 2. The SMILES string of the molecule is Cn1cnnc1CNS(=O)(=O)c1ccc(Br)c(F)c1. The van der Waals surface area contributed by atoms with E-state index in [0.717, 1.165) is 6.07 Å². The first-order chi connectivity index (χ1) is 8.90. The van der Waals surface area contributed by atoms with E-state index in [4.69, 9.17) is 0 Å². The smallest absolute Gasteiger partial charge is 0.241 e. The summed E-state index contributed by atoms with van der Waals surface area (Å²) in [4.78, 5) is -0.143. The Morgan fingerprint density at radius 1 is 1.47 bits per heavy atom. The number of aryl methyl sites for hydroxylation is 1. The van der Waals surface area contributed by atoms with Crippen LogP contribution in [0.4, 0.5) is 4.39 Å².